The predicted octanol–water partition coefficient (Wildman–Crippen LogP) is 3.88. The Morgan fingerprint density at radius 2 is 1.90 bits per heavy atom. The van der Waals surface area contributed by atoms with E-state index in [1.54, 1.807) is 11.3 Å². The summed E-state index contributed by atoms with van der Waals surface area (Å²) in [6.07, 6.45) is 0. The van der Waals surface area contributed by atoms with Gasteiger partial charge in [-0.1, -0.05) is 17.7 Å². The van der Waals surface area contributed by atoms with E-state index in [9.17, 15) is 0 Å². The summed E-state index contributed by atoms with van der Waals surface area (Å²) in [5.41, 5.74) is 4.26. The number of hydrogen-bond donors (Lipinski definition) is 1. The summed E-state index contributed by atoms with van der Waals surface area (Å²) in [5.74, 6) is 0.922. The van der Waals surface area contributed by atoms with Gasteiger partial charge >= 0.3 is 0 Å². The molecule has 0 radical (unpaired) electrons. The van der Waals surface area contributed by atoms with Crippen LogP contribution in [0.3, 0.4) is 0 Å². The van der Waals surface area contributed by atoms with E-state index in [4.69, 9.17) is 4.74 Å². The second kappa shape index (κ2) is 6.86. The molecule has 1 heterocycles. The predicted molar refractivity (Wildman–Crippen MR) is 84.5 cm³/mol. The zero-order valence-electron chi connectivity index (χ0n) is 12.5. The van der Waals surface area contributed by atoms with Gasteiger partial charge in [-0.05, 0) is 39.8 Å². The lowest BCUT2D eigenvalue weighted by molar-refractivity contribution is 0.264. The number of ether oxygens (including phenoxy) is 1. The normalized spacial score (nSPS) is 14.0. The van der Waals surface area contributed by atoms with E-state index in [0.29, 0.717) is 12.6 Å². The molecule has 20 heavy (non-hydrogen) atoms. The molecule has 3 nitrogen and oxygen atoms in total. The Balaban J connectivity index is 1.82. The van der Waals surface area contributed by atoms with Crippen molar-refractivity contribution in [2.45, 2.75) is 39.8 Å². The van der Waals surface area contributed by atoms with Crippen molar-refractivity contribution in [2.24, 2.45) is 0 Å². The van der Waals surface area contributed by atoms with Crippen LogP contribution >= 0.6 is 11.3 Å². The molecule has 0 aliphatic rings. The quantitative estimate of drug-likeness (QED) is 0.876. The number of rotatable bonds is 6. The molecule has 4 heteroatoms. The molecule has 2 rings (SSSR count). The van der Waals surface area contributed by atoms with Gasteiger partial charge in [-0.25, -0.2) is 4.98 Å². The van der Waals surface area contributed by atoms with Crippen molar-refractivity contribution in [1.82, 2.24) is 10.3 Å². The highest BCUT2D eigenvalue weighted by Gasteiger charge is 2.13. The van der Waals surface area contributed by atoms with Gasteiger partial charge in [-0.15, -0.1) is 11.3 Å². The molecule has 1 aromatic carbocycles. The molecule has 0 saturated carbocycles. The van der Waals surface area contributed by atoms with Crippen molar-refractivity contribution in [3.8, 4) is 5.75 Å². The van der Waals surface area contributed by atoms with Gasteiger partial charge in [0.25, 0.3) is 0 Å². The smallest absolute Gasteiger partial charge is 0.119 e. The number of nitrogens with zero attached hydrogens (tertiary/aromatic N) is 1. The highest BCUT2D eigenvalue weighted by molar-refractivity contribution is 7.09. The Kier molecular flexibility index (Phi) is 5.15. The van der Waals surface area contributed by atoms with E-state index in [1.165, 1.54) is 10.4 Å². The molecule has 2 aromatic rings. The number of nitrogens with one attached hydrogen (secondary N) is 1. The highest BCUT2D eigenvalue weighted by atomic mass is 32.1. The van der Waals surface area contributed by atoms with Gasteiger partial charge in [0.2, 0.25) is 0 Å². The van der Waals surface area contributed by atoms with Gasteiger partial charge in [0.05, 0.1) is 11.2 Å². The summed E-state index contributed by atoms with van der Waals surface area (Å²) in [6, 6.07) is 8.75. The van der Waals surface area contributed by atoms with E-state index in [1.807, 2.05) is 17.6 Å². The monoisotopic (exact) mass is 290 g/mol. The van der Waals surface area contributed by atoms with Gasteiger partial charge < -0.3 is 10.1 Å². The van der Waals surface area contributed by atoms with Crippen molar-refractivity contribution in [3.05, 3.63) is 45.9 Å². The van der Waals surface area contributed by atoms with Gasteiger partial charge in [0.15, 0.2) is 0 Å². The molecule has 2 atom stereocenters. The van der Waals surface area contributed by atoms with E-state index in [2.05, 4.69) is 50.1 Å². The lowest BCUT2D eigenvalue weighted by Crippen LogP contribution is -2.33. The van der Waals surface area contributed by atoms with E-state index < -0.39 is 0 Å². The van der Waals surface area contributed by atoms with Gasteiger partial charge in [-0.2, -0.15) is 0 Å². The minimum atomic E-state index is 0.285. The largest absolute Gasteiger partial charge is 0.492 e. The van der Waals surface area contributed by atoms with Crippen LogP contribution in [0.1, 0.15) is 36.0 Å². The summed E-state index contributed by atoms with van der Waals surface area (Å²) in [5, 5.41) is 3.55. The molecule has 1 N–H and O–H groups in total. The summed E-state index contributed by atoms with van der Waals surface area (Å²) in [6.45, 7) is 9.10. The molecule has 0 aliphatic heterocycles. The maximum atomic E-state index is 5.80. The van der Waals surface area contributed by atoms with Crippen LogP contribution in [0.15, 0.2) is 29.8 Å². The Hall–Kier alpha value is -1.39. The third kappa shape index (κ3) is 4.05. The second-order valence-electron chi connectivity index (χ2n) is 5.22. The van der Waals surface area contributed by atoms with E-state index >= 15 is 0 Å². The third-order valence-corrected chi connectivity index (χ3v) is 4.35. The fourth-order valence-corrected chi connectivity index (χ4v) is 2.95. The van der Waals surface area contributed by atoms with E-state index in [-0.39, 0.29) is 6.04 Å². The zero-order valence-corrected chi connectivity index (χ0v) is 13.3. The Morgan fingerprint density at radius 1 is 1.20 bits per heavy atom. The van der Waals surface area contributed by atoms with Crippen LogP contribution in [-0.4, -0.2) is 17.6 Å². The molecular formula is C16H22N2OS. The maximum Gasteiger partial charge on any atom is 0.119 e. The van der Waals surface area contributed by atoms with Crippen LogP contribution in [-0.2, 0) is 0 Å². The lowest BCUT2D eigenvalue weighted by atomic mass is 10.2. The van der Waals surface area contributed by atoms with Crippen LogP contribution in [0.25, 0.3) is 0 Å². The first-order valence-electron chi connectivity index (χ1n) is 6.91. The minimum absolute atomic E-state index is 0.285. The van der Waals surface area contributed by atoms with Crippen molar-refractivity contribution >= 4 is 11.3 Å². The number of thiazole rings is 1. The van der Waals surface area contributed by atoms with Crippen LogP contribution in [0.5, 0.6) is 5.75 Å². The molecular weight excluding hydrogens is 268 g/mol. The third-order valence-electron chi connectivity index (χ3n) is 3.23. The standard InChI is InChI=1S/C16H22N2OS/c1-11-5-7-15(8-6-11)19-9-12(2)18-14(4)16-13(3)17-10-20-16/h5-8,10,12,14,18H,9H2,1-4H3. The Bertz CT molecular complexity index is 536. The average molecular weight is 290 g/mol. The topological polar surface area (TPSA) is 34.1 Å². The lowest BCUT2D eigenvalue weighted by Gasteiger charge is -2.20. The van der Waals surface area contributed by atoms with Crippen LogP contribution < -0.4 is 10.1 Å². The fraction of sp³-hybridized carbons (Fsp3) is 0.438. The summed E-state index contributed by atoms with van der Waals surface area (Å²) < 4.78 is 5.80. The molecule has 0 saturated heterocycles. The molecule has 1 aromatic heterocycles. The van der Waals surface area contributed by atoms with Crippen LogP contribution in [0.4, 0.5) is 0 Å². The first kappa shape index (κ1) is 15.0. The number of hydrogen-bond acceptors (Lipinski definition) is 4. The second-order valence-corrected chi connectivity index (χ2v) is 6.10. The number of aromatic nitrogens is 1. The van der Waals surface area contributed by atoms with Crippen molar-refractivity contribution in [1.29, 1.82) is 0 Å². The molecule has 0 aliphatic carbocycles. The average Bonchev–Trinajstić information content (AvgIpc) is 2.84. The van der Waals surface area contributed by atoms with Crippen molar-refractivity contribution < 1.29 is 4.74 Å². The molecule has 0 fully saturated rings. The molecule has 0 amide bonds. The molecule has 0 bridgehead atoms. The number of benzene rings is 1. The van der Waals surface area contributed by atoms with Crippen LogP contribution in [0, 0.1) is 13.8 Å². The molecule has 108 valence electrons. The van der Waals surface area contributed by atoms with Crippen molar-refractivity contribution in [3.63, 3.8) is 0 Å². The molecule has 0 spiro atoms. The Morgan fingerprint density at radius 3 is 2.50 bits per heavy atom. The van der Waals surface area contributed by atoms with E-state index in [0.717, 1.165) is 11.4 Å². The summed E-state index contributed by atoms with van der Waals surface area (Å²) >= 11 is 1.70. The fourth-order valence-electron chi connectivity index (χ4n) is 2.13. The minimum Gasteiger partial charge on any atom is -0.492 e. The van der Waals surface area contributed by atoms with Crippen LogP contribution in [0.2, 0.25) is 0 Å². The Labute approximate surface area is 125 Å². The first-order valence-corrected chi connectivity index (χ1v) is 7.79. The van der Waals surface area contributed by atoms with Gasteiger partial charge in [-0.3, -0.25) is 0 Å². The number of aryl methyl sites for hydroxylation is 2. The maximum absolute atomic E-state index is 5.80. The highest BCUT2D eigenvalue weighted by Crippen LogP contribution is 2.21. The summed E-state index contributed by atoms with van der Waals surface area (Å²) in [4.78, 5) is 5.59. The summed E-state index contributed by atoms with van der Waals surface area (Å²) in [7, 11) is 0. The first-order chi connectivity index (χ1) is 9.56. The molecule has 2 unspecified atom stereocenters. The van der Waals surface area contributed by atoms with Gasteiger partial charge in [0, 0.05) is 17.0 Å². The SMILES string of the molecule is Cc1ccc(OCC(C)NC(C)c2scnc2C)cc1. The van der Waals surface area contributed by atoms with Crippen molar-refractivity contribution in [2.75, 3.05) is 6.61 Å². The zero-order chi connectivity index (χ0) is 14.5. The van der Waals surface area contributed by atoms with Gasteiger partial charge in [0.1, 0.15) is 12.4 Å².